The van der Waals surface area contributed by atoms with Crippen LogP contribution in [0.1, 0.15) is 201 Å². The molecule has 0 unspecified atom stereocenters. The zero-order chi connectivity index (χ0) is 38.3. The number of nitrogens with zero attached hydrogens (tertiary/aromatic N) is 1. The molecule has 302 valence electrons. The molecule has 2 N–H and O–H groups in total. The van der Waals surface area contributed by atoms with E-state index in [9.17, 15) is 23.1 Å². The van der Waals surface area contributed by atoms with Crippen LogP contribution >= 0.6 is 0 Å². The molecule has 0 bridgehead atoms. The molecule has 0 atom stereocenters. The SMILES string of the molecule is CCCCCCCC/C=C\CCCCCCCC(=O)C(C(=O)CCCCCCC/C=C\CCCCCCCC)N(CC)CCO.COS(=O)(=O)O. The number of rotatable bonds is 37. The number of ketones is 2. The number of aliphatic hydroxyl groups is 1. The number of aliphatic hydroxyl groups excluding tert-OH is 1. The fourth-order valence-corrected chi connectivity index (χ4v) is 6.20. The van der Waals surface area contributed by atoms with Gasteiger partial charge in [0.15, 0.2) is 11.6 Å². The van der Waals surface area contributed by atoms with E-state index in [4.69, 9.17) is 4.55 Å². The van der Waals surface area contributed by atoms with Crippen molar-refractivity contribution in [2.75, 3.05) is 26.8 Å². The summed E-state index contributed by atoms with van der Waals surface area (Å²) in [7, 11) is -3.29. The van der Waals surface area contributed by atoms with Gasteiger partial charge < -0.3 is 5.11 Å². The number of unbranched alkanes of at least 4 members (excludes halogenated alkanes) is 22. The van der Waals surface area contributed by atoms with Crippen LogP contribution in [0.5, 0.6) is 0 Å². The maximum Gasteiger partial charge on any atom is 0.397 e. The minimum Gasteiger partial charge on any atom is -0.395 e. The van der Waals surface area contributed by atoms with E-state index in [1.54, 1.807) is 0 Å². The molecule has 0 aromatic heterocycles. The third-order valence-corrected chi connectivity index (χ3v) is 9.77. The minimum absolute atomic E-state index is 0.0221. The zero-order valence-corrected chi connectivity index (χ0v) is 34.4. The van der Waals surface area contributed by atoms with Crippen LogP contribution in [0.3, 0.4) is 0 Å². The summed E-state index contributed by atoms with van der Waals surface area (Å²) < 4.78 is 29.7. The van der Waals surface area contributed by atoms with Gasteiger partial charge in [-0.1, -0.05) is 148 Å². The van der Waals surface area contributed by atoms with Crippen molar-refractivity contribution in [2.24, 2.45) is 0 Å². The Morgan fingerprint density at radius 3 is 1.14 bits per heavy atom. The summed E-state index contributed by atoms with van der Waals surface area (Å²) in [4.78, 5) is 28.3. The van der Waals surface area contributed by atoms with Gasteiger partial charge >= 0.3 is 10.4 Å². The third kappa shape index (κ3) is 38.2. The van der Waals surface area contributed by atoms with Crippen molar-refractivity contribution >= 4 is 22.0 Å². The van der Waals surface area contributed by atoms with Gasteiger partial charge in [0, 0.05) is 19.4 Å². The van der Waals surface area contributed by atoms with E-state index in [0.717, 1.165) is 58.5 Å². The highest BCUT2D eigenvalue weighted by Gasteiger charge is 2.30. The average molecular weight is 744 g/mol. The molecule has 0 heterocycles. The predicted octanol–water partition coefficient (Wildman–Crippen LogP) is 11.3. The number of hydrogen-bond donors (Lipinski definition) is 2. The van der Waals surface area contributed by atoms with E-state index < -0.39 is 16.4 Å². The summed E-state index contributed by atoms with van der Waals surface area (Å²) in [6.45, 7) is 7.49. The lowest BCUT2D eigenvalue weighted by molar-refractivity contribution is -0.135. The number of carbonyl (C=O) groups is 2. The topological polar surface area (TPSA) is 121 Å². The Morgan fingerprint density at radius 2 is 0.863 bits per heavy atom. The first-order valence-electron chi connectivity index (χ1n) is 20.9. The van der Waals surface area contributed by atoms with Crippen LogP contribution in [0.25, 0.3) is 0 Å². The van der Waals surface area contributed by atoms with E-state index in [2.05, 4.69) is 42.3 Å². The average Bonchev–Trinajstić information content (AvgIpc) is 3.11. The second-order valence-corrected chi connectivity index (χ2v) is 15.1. The normalized spacial score (nSPS) is 12.0. The highest BCUT2D eigenvalue weighted by Crippen LogP contribution is 2.16. The second-order valence-electron chi connectivity index (χ2n) is 14.0. The number of allylic oxidation sites excluding steroid dienone is 4. The van der Waals surface area contributed by atoms with Crippen LogP contribution in [0.2, 0.25) is 0 Å². The Labute approximate surface area is 315 Å². The highest BCUT2D eigenvalue weighted by molar-refractivity contribution is 7.80. The first-order chi connectivity index (χ1) is 24.7. The molecule has 51 heavy (non-hydrogen) atoms. The number of carbonyl (C=O) groups excluding carboxylic acids is 2. The van der Waals surface area contributed by atoms with Crippen molar-refractivity contribution < 1.29 is 31.8 Å². The third-order valence-electron chi connectivity index (χ3n) is 9.35. The molecule has 0 amide bonds. The van der Waals surface area contributed by atoms with Crippen LogP contribution in [0.4, 0.5) is 0 Å². The Hall–Kier alpha value is -1.39. The van der Waals surface area contributed by atoms with Gasteiger partial charge in [-0.15, -0.1) is 0 Å². The van der Waals surface area contributed by atoms with Crippen molar-refractivity contribution in [3.8, 4) is 0 Å². The van der Waals surface area contributed by atoms with Crippen LogP contribution in [-0.4, -0.2) is 67.4 Å². The van der Waals surface area contributed by atoms with Gasteiger partial charge in [0.1, 0.15) is 6.04 Å². The maximum absolute atomic E-state index is 13.2. The second kappa shape index (κ2) is 39.8. The molecule has 0 aliphatic carbocycles. The van der Waals surface area contributed by atoms with Gasteiger partial charge in [0.25, 0.3) is 0 Å². The van der Waals surface area contributed by atoms with Crippen molar-refractivity contribution in [2.45, 2.75) is 207 Å². The highest BCUT2D eigenvalue weighted by atomic mass is 32.3. The molecular weight excluding hydrogens is 663 g/mol. The minimum atomic E-state index is -4.16. The molecule has 9 heteroatoms. The van der Waals surface area contributed by atoms with E-state index in [-0.39, 0.29) is 18.2 Å². The van der Waals surface area contributed by atoms with E-state index in [1.807, 2.05) is 11.8 Å². The Kier molecular flexibility index (Phi) is 40.4. The summed E-state index contributed by atoms with van der Waals surface area (Å²) in [5.74, 6) is 0.112. The molecule has 0 saturated carbocycles. The van der Waals surface area contributed by atoms with Gasteiger partial charge in [0.2, 0.25) is 0 Å². The molecule has 0 aliphatic rings. The van der Waals surface area contributed by atoms with Crippen molar-refractivity contribution in [1.29, 1.82) is 0 Å². The zero-order valence-electron chi connectivity index (χ0n) is 33.6. The van der Waals surface area contributed by atoms with Crippen LogP contribution in [0.15, 0.2) is 24.3 Å². The molecular formula is C42H81NO7S. The van der Waals surface area contributed by atoms with Gasteiger partial charge in [-0.25, -0.2) is 0 Å². The first kappa shape index (κ1) is 51.7. The standard InChI is InChI=1S/C41H77NO3.CH4O4S/c1-4-7-9-11-13-15-17-19-21-23-25-27-29-31-33-35-39(44)41(42(6-3)37-38-43)40(45)36-34-32-30-28-26-24-22-20-18-16-14-12-10-8-5-2;1-5-6(2,3)4/h19-22,41,43H,4-18,23-38H2,1-3H3;1H3,(H,2,3,4)/b21-19-,22-20-;. The number of Topliss-reactive ketones (excluding diaryl/α,β-unsaturated/α-hetero) is 2. The Balaban J connectivity index is 0. The first-order valence-corrected chi connectivity index (χ1v) is 22.3. The number of hydrogen-bond acceptors (Lipinski definition) is 7. The van der Waals surface area contributed by atoms with Crippen molar-refractivity contribution in [1.82, 2.24) is 4.90 Å². The largest absolute Gasteiger partial charge is 0.397 e. The van der Waals surface area contributed by atoms with Gasteiger partial charge in [-0.2, -0.15) is 8.42 Å². The van der Waals surface area contributed by atoms with E-state index >= 15 is 0 Å². The molecule has 0 rings (SSSR count). The summed E-state index contributed by atoms with van der Waals surface area (Å²) in [6.07, 6.45) is 42.4. The summed E-state index contributed by atoms with van der Waals surface area (Å²) in [6, 6.07) is -0.671. The molecule has 0 radical (unpaired) electrons. The lowest BCUT2D eigenvalue weighted by atomic mass is 9.96. The summed E-state index contributed by atoms with van der Waals surface area (Å²) in [5.41, 5.74) is 0. The van der Waals surface area contributed by atoms with Crippen LogP contribution in [0, 0.1) is 0 Å². The Morgan fingerprint density at radius 1 is 0.569 bits per heavy atom. The predicted molar refractivity (Wildman–Crippen MR) is 216 cm³/mol. The Bertz CT molecular complexity index is 883. The molecule has 8 nitrogen and oxygen atoms in total. The number of likely N-dealkylation sites (N-methyl/N-ethyl adjacent to an activating group) is 1. The van der Waals surface area contributed by atoms with Crippen molar-refractivity contribution in [3.63, 3.8) is 0 Å². The van der Waals surface area contributed by atoms with Crippen molar-refractivity contribution in [3.05, 3.63) is 24.3 Å². The maximum atomic E-state index is 13.2. The lowest BCUT2D eigenvalue weighted by Gasteiger charge is -2.28. The summed E-state index contributed by atoms with van der Waals surface area (Å²) >= 11 is 0. The fourth-order valence-electron chi connectivity index (χ4n) is 6.20. The van der Waals surface area contributed by atoms with Crippen LogP contribution < -0.4 is 0 Å². The quantitative estimate of drug-likeness (QED) is 0.0279. The molecule has 0 aromatic carbocycles. The lowest BCUT2D eigenvalue weighted by Crippen LogP contribution is -2.47. The van der Waals surface area contributed by atoms with E-state index in [1.165, 1.54) is 116 Å². The molecule has 0 aliphatic heterocycles. The molecule has 0 spiro atoms. The van der Waals surface area contributed by atoms with Gasteiger partial charge in [-0.3, -0.25) is 23.2 Å². The van der Waals surface area contributed by atoms with Crippen LogP contribution in [-0.2, 0) is 24.2 Å². The smallest absolute Gasteiger partial charge is 0.395 e. The monoisotopic (exact) mass is 744 g/mol. The van der Waals surface area contributed by atoms with E-state index in [0.29, 0.717) is 25.9 Å². The molecule has 0 aromatic rings. The van der Waals surface area contributed by atoms with Gasteiger partial charge in [0.05, 0.1) is 13.7 Å². The fraction of sp³-hybridized carbons (Fsp3) is 0.857. The molecule has 0 saturated heterocycles. The summed E-state index contributed by atoms with van der Waals surface area (Å²) in [5, 5.41) is 9.54. The van der Waals surface area contributed by atoms with Gasteiger partial charge in [-0.05, 0) is 70.8 Å². The molecule has 0 fully saturated rings.